The summed E-state index contributed by atoms with van der Waals surface area (Å²) >= 11 is 0. The van der Waals surface area contributed by atoms with E-state index < -0.39 is 0 Å². The SMILES string of the molecule is COCCNCc1ccc(N(C)C)cc1.[Cl-]. The third-order valence-electron chi connectivity index (χ3n) is 2.26. The Morgan fingerprint density at radius 2 is 1.81 bits per heavy atom. The average Bonchev–Trinajstić information content (AvgIpc) is 2.25. The Balaban J connectivity index is 0.00000225. The zero-order valence-electron chi connectivity index (χ0n) is 10.2. The molecule has 0 amide bonds. The second kappa shape index (κ2) is 8.39. The summed E-state index contributed by atoms with van der Waals surface area (Å²) in [6, 6.07) is 8.56. The molecule has 3 nitrogen and oxygen atoms in total. The number of methoxy groups -OCH3 is 1. The van der Waals surface area contributed by atoms with Crippen LogP contribution < -0.4 is 22.6 Å². The lowest BCUT2D eigenvalue weighted by molar-refractivity contribution is -0.00000357. The lowest BCUT2D eigenvalue weighted by atomic mass is 10.2. The third-order valence-corrected chi connectivity index (χ3v) is 2.26. The minimum absolute atomic E-state index is 0. The number of anilines is 1. The molecule has 0 atom stereocenters. The van der Waals surface area contributed by atoms with Gasteiger partial charge in [-0.15, -0.1) is 0 Å². The maximum Gasteiger partial charge on any atom is 0.0587 e. The summed E-state index contributed by atoms with van der Waals surface area (Å²) < 4.78 is 4.96. The van der Waals surface area contributed by atoms with Crippen LogP contribution in [0.15, 0.2) is 24.3 Å². The van der Waals surface area contributed by atoms with Gasteiger partial charge in [0.05, 0.1) is 6.61 Å². The molecule has 4 heteroatoms. The Labute approximate surface area is 104 Å². The number of hydrogen-bond acceptors (Lipinski definition) is 3. The lowest BCUT2D eigenvalue weighted by Gasteiger charge is -2.12. The van der Waals surface area contributed by atoms with Crippen molar-refractivity contribution in [3.8, 4) is 0 Å². The van der Waals surface area contributed by atoms with E-state index in [2.05, 4.69) is 34.5 Å². The van der Waals surface area contributed by atoms with Gasteiger partial charge in [-0.1, -0.05) is 12.1 Å². The molecule has 0 heterocycles. The highest BCUT2D eigenvalue weighted by Gasteiger charge is 1.95. The predicted molar refractivity (Wildman–Crippen MR) is 64.4 cm³/mol. The smallest absolute Gasteiger partial charge is 0.0587 e. The monoisotopic (exact) mass is 243 g/mol. The van der Waals surface area contributed by atoms with Crippen molar-refractivity contribution in [2.24, 2.45) is 0 Å². The zero-order valence-corrected chi connectivity index (χ0v) is 10.9. The van der Waals surface area contributed by atoms with Gasteiger partial charge >= 0.3 is 0 Å². The first-order chi connectivity index (χ1) is 7.24. The Hall–Kier alpha value is -0.770. The summed E-state index contributed by atoms with van der Waals surface area (Å²) in [4.78, 5) is 2.10. The van der Waals surface area contributed by atoms with Gasteiger partial charge in [0.2, 0.25) is 0 Å². The summed E-state index contributed by atoms with van der Waals surface area (Å²) in [6.07, 6.45) is 0. The Morgan fingerprint density at radius 3 is 2.31 bits per heavy atom. The maximum absolute atomic E-state index is 4.96. The molecule has 1 aromatic carbocycles. The molecule has 0 bridgehead atoms. The molecule has 0 aliphatic carbocycles. The van der Waals surface area contributed by atoms with E-state index in [4.69, 9.17) is 4.74 Å². The molecule has 0 saturated carbocycles. The molecule has 1 aromatic rings. The van der Waals surface area contributed by atoms with Gasteiger partial charge in [-0.25, -0.2) is 0 Å². The molecule has 92 valence electrons. The number of rotatable bonds is 6. The summed E-state index contributed by atoms with van der Waals surface area (Å²) in [5.74, 6) is 0. The van der Waals surface area contributed by atoms with Gasteiger partial charge in [0, 0.05) is 40.0 Å². The Kier molecular flexibility index (Phi) is 7.99. The lowest BCUT2D eigenvalue weighted by Crippen LogP contribution is -3.00. The van der Waals surface area contributed by atoms with Crippen LogP contribution in [0.3, 0.4) is 0 Å². The van der Waals surface area contributed by atoms with Gasteiger partial charge in [-0.3, -0.25) is 0 Å². The normalized spacial score (nSPS) is 9.69. The molecular weight excluding hydrogens is 224 g/mol. The Bertz CT molecular complexity index is 275. The van der Waals surface area contributed by atoms with Crippen LogP contribution in [0, 0.1) is 0 Å². The molecular formula is C12H20ClN2O-. The van der Waals surface area contributed by atoms with Crippen molar-refractivity contribution in [2.45, 2.75) is 6.54 Å². The molecule has 0 fully saturated rings. The fourth-order valence-electron chi connectivity index (χ4n) is 1.32. The fraction of sp³-hybridized carbons (Fsp3) is 0.500. The van der Waals surface area contributed by atoms with Gasteiger partial charge in [-0.2, -0.15) is 0 Å². The summed E-state index contributed by atoms with van der Waals surface area (Å²) in [5.41, 5.74) is 2.53. The van der Waals surface area contributed by atoms with E-state index in [1.54, 1.807) is 7.11 Å². The number of halogens is 1. The van der Waals surface area contributed by atoms with Gasteiger partial charge in [-0.05, 0) is 17.7 Å². The van der Waals surface area contributed by atoms with E-state index in [-0.39, 0.29) is 12.4 Å². The van der Waals surface area contributed by atoms with Crippen LogP contribution in [0.4, 0.5) is 5.69 Å². The van der Waals surface area contributed by atoms with Crippen molar-refractivity contribution in [1.82, 2.24) is 5.32 Å². The fourth-order valence-corrected chi connectivity index (χ4v) is 1.32. The number of nitrogens with zero attached hydrogens (tertiary/aromatic N) is 1. The van der Waals surface area contributed by atoms with Crippen molar-refractivity contribution in [1.29, 1.82) is 0 Å². The van der Waals surface area contributed by atoms with Gasteiger partial charge in [0.15, 0.2) is 0 Å². The summed E-state index contributed by atoms with van der Waals surface area (Å²) in [6.45, 7) is 2.55. The van der Waals surface area contributed by atoms with Crippen LogP contribution in [-0.2, 0) is 11.3 Å². The molecule has 0 aromatic heterocycles. The van der Waals surface area contributed by atoms with Crippen LogP contribution in [0.25, 0.3) is 0 Å². The third kappa shape index (κ3) is 5.35. The minimum atomic E-state index is 0. The second-order valence-corrected chi connectivity index (χ2v) is 3.73. The standard InChI is InChI=1S/C12H20N2O.ClH/c1-14(2)12-6-4-11(5-7-12)10-13-8-9-15-3;/h4-7,13H,8-10H2,1-3H3;1H/p-1. The van der Waals surface area contributed by atoms with E-state index >= 15 is 0 Å². The summed E-state index contributed by atoms with van der Waals surface area (Å²) in [5, 5.41) is 3.31. The second-order valence-electron chi connectivity index (χ2n) is 3.73. The van der Waals surface area contributed by atoms with Crippen molar-refractivity contribution < 1.29 is 17.1 Å². The highest BCUT2D eigenvalue weighted by Crippen LogP contribution is 2.11. The van der Waals surface area contributed by atoms with Crippen molar-refractivity contribution >= 4 is 5.69 Å². The molecule has 0 saturated heterocycles. The molecule has 16 heavy (non-hydrogen) atoms. The van der Waals surface area contributed by atoms with E-state index in [9.17, 15) is 0 Å². The molecule has 1 N–H and O–H groups in total. The average molecular weight is 244 g/mol. The van der Waals surface area contributed by atoms with Crippen LogP contribution in [-0.4, -0.2) is 34.4 Å². The zero-order chi connectivity index (χ0) is 11.1. The highest BCUT2D eigenvalue weighted by molar-refractivity contribution is 5.45. The molecule has 0 radical (unpaired) electrons. The number of hydrogen-bond donors (Lipinski definition) is 1. The van der Waals surface area contributed by atoms with Crippen molar-refractivity contribution in [3.05, 3.63) is 29.8 Å². The first kappa shape index (κ1) is 15.2. The number of benzene rings is 1. The largest absolute Gasteiger partial charge is 1.00 e. The molecule has 0 aliphatic heterocycles. The highest BCUT2D eigenvalue weighted by atomic mass is 35.5. The predicted octanol–water partition coefficient (Wildman–Crippen LogP) is -1.51. The first-order valence-electron chi connectivity index (χ1n) is 5.20. The summed E-state index contributed by atoms with van der Waals surface area (Å²) in [7, 11) is 5.81. The minimum Gasteiger partial charge on any atom is -1.00 e. The van der Waals surface area contributed by atoms with E-state index in [1.807, 2.05) is 14.1 Å². The van der Waals surface area contributed by atoms with Gasteiger partial charge in [0.25, 0.3) is 0 Å². The van der Waals surface area contributed by atoms with E-state index in [0.29, 0.717) is 0 Å². The van der Waals surface area contributed by atoms with E-state index in [0.717, 1.165) is 19.7 Å². The van der Waals surface area contributed by atoms with Crippen molar-refractivity contribution in [3.63, 3.8) is 0 Å². The maximum atomic E-state index is 4.96. The first-order valence-corrected chi connectivity index (χ1v) is 5.20. The quantitative estimate of drug-likeness (QED) is 0.616. The van der Waals surface area contributed by atoms with Crippen LogP contribution >= 0.6 is 0 Å². The van der Waals surface area contributed by atoms with Crippen LogP contribution in [0.2, 0.25) is 0 Å². The van der Waals surface area contributed by atoms with Crippen LogP contribution in [0.1, 0.15) is 5.56 Å². The van der Waals surface area contributed by atoms with Gasteiger partial charge < -0.3 is 27.4 Å². The van der Waals surface area contributed by atoms with E-state index in [1.165, 1.54) is 11.3 Å². The molecule has 0 spiro atoms. The number of nitrogens with one attached hydrogen (secondary N) is 1. The van der Waals surface area contributed by atoms with Crippen LogP contribution in [0.5, 0.6) is 0 Å². The van der Waals surface area contributed by atoms with Crippen molar-refractivity contribution in [2.75, 3.05) is 39.3 Å². The topological polar surface area (TPSA) is 24.5 Å². The van der Waals surface area contributed by atoms with Gasteiger partial charge in [0.1, 0.15) is 0 Å². The molecule has 0 unspecified atom stereocenters. The number of ether oxygens (including phenoxy) is 1. The Morgan fingerprint density at radius 1 is 1.19 bits per heavy atom. The molecule has 0 aliphatic rings. The molecule has 1 rings (SSSR count).